The number of halogens is 3. The van der Waals surface area contributed by atoms with E-state index in [0.29, 0.717) is 21.2 Å². The van der Waals surface area contributed by atoms with Crippen LogP contribution in [0.25, 0.3) is 0 Å². The molecular formula is C31H31Cl2FN2O6. The van der Waals surface area contributed by atoms with Crippen LogP contribution in [0.4, 0.5) is 4.39 Å². The Morgan fingerprint density at radius 1 is 1.19 bits per heavy atom. The summed E-state index contributed by atoms with van der Waals surface area (Å²) in [6.45, 7) is 3.66. The summed E-state index contributed by atoms with van der Waals surface area (Å²) in [5, 5.41) is 25.8. The molecule has 3 aromatic carbocycles. The van der Waals surface area contributed by atoms with Gasteiger partial charge in [-0.15, -0.1) is 0 Å². The number of carboxylic acids is 1. The summed E-state index contributed by atoms with van der Waals surface area (Å²) >= 11 is 12.3. The lowest BCUT2D eigenvalue weighted by atomic mass is 9.81. The highest BCUT2D eigenvalue weighted by Crippen LogP contribution is 2.52. The third kappa shape index (κ3) is 4.78. The zero-order chi connectivity index (χ0) is 30.4. The van der Waals surface area contributed by atoms with Crippen molar-refractivity contribution in [3.63, 3.8) is 0 Å². The SMILES string of the molecule is CCC(O)(c1cc(F)c2c(c1)C(=O)N([C@H](c1ccc(Cl)cc1)[C@H](C)C(=O)O)[C@@]2(OC)c1ccc(Cl)cc1)C1COCN1. The number of aliphatic hydroxyl groups is 1. The normalized spacial score (nSPS) is 23.0. The molecule has 2 heterocycles. The number of aliphatic carboxylic acids is 1. The molecule has 5 rings (SSSR count). The molecule has 3 N–H and O–H groups in total. The Morgan fingerprint density at radius 3 is 2.33 bits per heavy atom. The van der Waals surface area contributed by atoms with Crippen LogP contribution in [0.1, 0.15) is 58.9 Å². The minimum atomic E-state index is -1.88. The van der Waals surface area contributed by atoms with Crippen molar-refractivity contribution in [3.05, 3.63) is 104 Å². The molecule has 11 heteroatoms. The van der Waals surface area contributed by atoms with Crippen molar-refractivity contribution < 1.29 is 33.7 Å². The maximum absolute atomic E-state index is 16.6. The molecule has 0 aliphatic carbocycles. The lowest BCUT2D eigenvalue weighted by molar-refractivity contribution is -0.149. The van der Waals surface area contributed by atoms with Gasteiger partial charge < -0.3 is 19.7 Å². The Morgan fingerprint density at radius 2 is 1.81 bits per heavy atom. The first kappa shape index (κ1) is 30.4. The average Bonchev–Trinajstić information content (AvgIpc) is 3.61. The molecule has 2 aliphatic rings. The van der Waals surface area contributed by atoms with Crippen molar-refractivity contribution in [2.24, 2.45) is 5.92 Å². The Labute approximate surface area is 252 Å². The second-order valence-electron chi connectivity index (χ2n) is 10.6. The molecule has 0 bridgehead atoms. The molecule has 8 nitrogen and oxygen atoms in total. The number of carboxylic acid groups (broad SMARTS) is 1. The van der Waals surface area contributed by atoms with Gasteiger partial charge in [-0.3, -0.25) is 19.8 Å². The van der Waals surface area contributed by atoms with E-state index >= 15 is 4.39 Å². The number of hydrogen-bond donors (Lipinski definition) is 3. The van der Waals surface area contributed by atoms with Crippen LogP contribution in [0.3, 0.4) is 0 Å². The van der Waals surface area contributed by atoms with Gasteiger partial charge in [-0.1, -0.05) is 54.4 Å². The molecule has 0 saturated carbocycles. The second-order valence-corrected chi connectivity index (χ2v) is 11.5. The molecule has 5 atom stereocenters. The van der Waals surface area contributed by atoms with Gasteiger partial charge in [0.25, 0.3) is 5.91 Å². The monoisotopic (exact) mass is 616 g/mol. The summed E-state index contributed by atoms with van der Waals surface area (Å²) in [7, 11) is 1.34. The van der Waals surface area contributed by atoms with Crippen LogP contribution in [-0.4, -0.2) is 53.5 Å². The molecule has 0 radical (unpaired) electrons. The van der Waals surface area contributed by atoms with Gasteiger partial charge in [0.1, 0.15) is 11.4 Å². The number of nitrogens with one attached hydrogen (secondary N) is 1. The second kappa shape index (κ2) is 11.6. The van der Waals surface area contributed by atoms with E-state index in [1.54, 1.807) is 55.5 Å². The Hall–Kier alpha value is -3.05. The van der Waals surface area contributed by atoms with Gasteiger partial charge in [0, 0.05) is 22.7 Å². The van der Waals surface area contributed by atoms with Crippen LogP contribution in [-0.2, 0) is 25.6 Å². The van der Waals surface area contributed by atoms with Crippen molar-refractivity contribution in [1.29, 1.82) is 0 Å². The fourth-order valence-corrected chi connectivity index (χ4v) is 6.42. The van der Waals surface area contributed by atoms with Gasteiger partial charge in [-0.05, 0) is 60.9 Å². The van der Waals surface area contributed by atoms with Gasteiger partial charge in [0.15, 0.2) is 5.72 Å². The average molecular weight is 618 g/mol. The van der Waals surface area contributed by atoms with Crippen molar-refractivity contribution >= 4 is 35.1 Å². The van der Waals surface area contributed by atoms with Crippen LogP contribution >= 0.6 is 23.2 Å². The van der Waals surface area contributed by atoms with Crippen molar-refractivity contribution in [1.82, 2.24) is 10.2 Å². The van der Waals surface area contributed by atoms with Gasteiger partial charge in [0.05, 0.1) is 42.5 Å². The molecule has 222 valence electrons. The molecule has 2 unspecified atom stereocenters. The molecule has 0 spiro atoms. The van der Waals surface area contributed by atoms with E-state index < -0.39 is 47.0 Å². The number of hydrogen-bond acceptors (Lipinski definition) is 6. The number of nitrogens with zero attached hydrogens (tertiary/aromatic N) is 1. The largest absolute Gasteiger partial charge is 0.481 e. The number of carbonyl (C=O) groups is 2. The minimum absolute atomic E-state index is 0.0517. The van der Waals surface area contributed by atoms with Crippen LogP contribution in [0.5, 0.6) is 0 Å². The maximum atomic E-state index is 16.6. The number of rotatable bonds is 9. The molecule has 1 fully saturated rings. The van der Waals surface area contributed by atoms with E-state index in [2.05, 4.69) is 5.32 Å². The Bertz CT molecular complexity index is 1500. The molecule has 2 aliphatic heterocycles. The summed E-state index contributed by atoms with van der Waals surface area (Å²) < 4.78 is 28.1. The van der Waals surface area contributed by atoms with E-state index in [1.165, 1.54) is 31.1 Å². The van der Waals surface area contributed by atoms with Crippen LogP contribution in [0, 0.1) is 11.7 Å². The lowest BCUT2D eigenvalue weighted by Crippen LogP contribution is -2.51. The maximum Gasteiger partial charge on any atom is 0.308 e. The number of carbonyl (C=O) groups excluding carboxylic acids is 1. The highest BCUT2D eigenvalue weighted by Gasteiger charge is 2.58. The molecule has 3 aromatic rings. The smallest absolute Gasteiger partial charge is 0.308 e. The standard InChI is InChI=1S/C31H31Cl2FN2O6/c1-4-30(40,25-15-42-16-35-25)20-13-23-26(24(34)14-20)31(41-3,19-7-11-22(33)12-8-19)36(28(23)37)27(17(2)29(38)39)18-5-9-21(32)10-6-18/h5-14,17,25,27,35,40H,4,15-16H2,1-3H3,(H,38,39)/t17-,25?,27-,30?,31+/m0/s1. The number of amides is 1. The van der Waals surface area contributed by atoms with Gasteiger partial charge >= 0.3 is 5.97 Å². The van der Waals surface area contributed by atoms with E-state index in [1.807, 2.05) is 0 Å². The Balaban J connectivity index is 1.81. The Kier molecular flexibility index (Phi) is 8.37. The fraction of sp³-hybridized carbons (Fsp3) is 0.355. The van der Waals surface area contributed by atoms with E-state index in [-0.39, 0.29) is 36.4 Å². The van der Waals surface area contributed by atoms with Gasteiger partial charge in [-0.2, -0.15) is 0 Å². The van der Waals surface area contributed by atoms with Gasteiger partial charge in [0.2, 0.25) is 0 Å². The summed E-state index contributed by atoms with van der Waals surface area (Å²) in [6, 6.07) is 13.9. The molecule has 1 saturated heterocycles. The van der Waals surface area contributed by atoms with Gasteiger partial charge in [-0.25, -0.2) is 4.39 Å². The number of ether oxygens (including phenoxy) is 2. The van der Waals surface area contributed by atoms with Crippen molar-refractivity contribution in [2.45, 2.75) is 43.7 Å². The first-order valence-electron chi connectivity index (χ1n) is 13.5. The van der Waals surface area contributed by atoms with Crippen LogP contribution in [0.2, 0.25) is 10.0 Å². The molecular weight excluding hydrogens is 586 g/mol. The topological polar surface area (TPSA) is 108 Å². The van der Waals surface area contributed by atoms with E-state index in [9.17, 15) is 19.8 Å². The zero-order valence-corrected chi connectivity index (χ0v) is 24.7. The van der Waals surface area contributed by atoms with Crippen molar-refractivity contribution in [2.75, 3.05) is 20.4 Å². The number of methoxy groups -OCH3 is 1. The predicted octanol–water partition coefficient (Wildman–Crippen LogP) is 5.44. The number of benzene rings is 3. The highest BCUT2D eigenvalue weighted by atomic mass is 35.5. The first-order chi connectivity index (χ1) is 20.0. The van der Waals surface area contributed by atoms with Crippen LogP contribution in [0.15, 0.2) is 60.7 Å². The van der Waals surface area contributed by atoms with E-state index in [0.717, 1.165) is 0 Å². The zero-order valence-electron chi connectivity index (χ0n) is 23.2. The quantitative estimate of drug-likeness (QED) is 0.294. The lowest BCUT2D eigenvalue weighted by Gasteiger charge is -2.44. The molecule has 42 heavy (non-hydrogen) atoms. The fourth-order valence-electron chi connectivity index (χ4n) is 6.17. The summed E-state index contributed by atoms with van der Waals surface area (Å²) in [4.78, 5) is 28.3. The van der Waals surface area contributed by atoms with E-state index in [4.69, 9.17) is 32.7 Å². The summed E-state index contributed by atoms with van der Waals surface area (Å²) in [6.07, 6.45) is 0.209. The first-order valence-corrected chi connectivity index (χ1v) is 14.3. The number of fused-ring (bicyclic) bond motifs is 1. The summed E-state index contributed by atoms with van der Waals surface area (Å²) in [5.74, 6) is -3.78. The third-order valence-corrected chi connectivity index (χ3v) is 8.94. The molecule has 0 aromatic heterocycles. The highest BCUT2D eigenvalue weighted by molar-refractivity contribution is 6.30. The van der Waals surface area contributed by atoms with Crippen molar-refractivity contribution in [3.8, 4) is 0 Å². The predicted molar refractivity (Wildman–Crippen MR) is 155 cm³/mol. The van der Waals surface area contributed by atoms with Crippen LogP contribution < -0.4 is 5.32 Å². The minimum Gasteiger partial charge on any atom is -0.481 e. The molecule has 1 amide bonds. The third-order valence-electron chi connectivity index (χ3n) is 8.43. The summed E-state index contributed by atoms with van der Waals surface area (Å²) in [5.41, 5.74) is -2.57.